The molecule has 1 saturated carbocycles. The second-order valence-electron chi connectivity index (χ2n) is 6.44. The van der Waals surface area contributed by atoms with Crippen LogP contribution < -0.4 is 0 Å². The topological polar surface area (TPSA) is 3.24 Å². The van der Waals surface area contributed by atoms with Gasteiger partial charge in [0.1, 0.15) is 0 Å². The molecule has 2 rings (SSSR count). The van der Waals surface area contributed by atoms with E-state index in [-0.39, 0.29) is 0 Å². The Morgan fingerprint density at radius 1 is 0.812 bits per heavy atom. The summed E-state index contributed by atoms with van der Waals surface area (Å²) in [6, 6.07) is 0. The summed E-state index contributed by atoms with van der Waals surface area (Å²) in [5.74, 6) is 3.04. The highest BCUT2D eigenvalue weighted by molar-refractivity contribution is 4.74. The van der Waals surface area contributed by atoms with Crippen molar-refractivity contribution < 1.29 is 0 Å². The van der Waals surface area contributed by atoms with Gasteiger partial charge in [0.25, 0.3) is 0 Å². The molecule has 0 aromatic rings. The van der Waals surface area contributed by atoms with Crippen molar-refractivity contribution in [3.05, 3.63) is 0 Å². The van der Waals surface area contributed by atoms with Crippen LogP contribution in [-0.2, 0) is 0 Å². The minimum atomic E-state index is 0.979. The quantitative estimate of drug-likeness (QED) is 0.700. The van der Waals surface area contributed by atoms with Crippen LogP contribution in [0, 0.1) is 17.8 Å². The van der Waals surface area contributed by atoms with Crippen LogP contribution in [0.25, 0.3) is 0 Å². The molecule has 0 unspecified atom stereocenters. The minimum absolute atomic E-state index is 0.979. The van der Waals surface area contributed by atoms with E-state index in [2.05, 4.69) is 18.7 Å². The summed E-state index contributed by atoms with van der Waals surface area (Å²) >= 11 is 0. The number of nitrogens with zero attached hydrogens (tertiary/aromatic N) is 1. The summed E-state index contributed by atoms with van der Waals surface area (Å²) in [6.07, 6.45) is 10.3. The molecule has 0 atom stereocenters. The van der Waals surface area contributed by atoms with Crippen molar-refractivity contribution in [1.29, 1.82) is 0 Å². The average molecular weight is 223 g/mol. The van der Waals surface area contributed by atoms with Gasteiger partial charge in [-0.3, -0.25) is 0 Å². The molecule has 0 bridgehead atoms. The zero-order chi connectivity index (χ0) is 11.4. The number of rotatable bonds is 3. The molecule has 2 fully saturated rings. The van der Waals surface area contributed by atoms with Crippen molar-refractivity contribution in [3.63, 3.8) is 0 Å². The smallest absolute Gasteiger partial charge is 0.00161 e. The van der Waals surface area contributed by atoms with E-state index < -0.39 is 0 Å². The van der Waals surface area contributed by atoms with E-state index in [9.17, 15) is 0 Å². The Balaban J connectivity index is 1.60. The summed E-state index contributed by atoms with van der Waals surface area (Å²) in [5, 5.41) is 0. The van der Waals surface area contributed by atoms with Crippen LogP contribution in [0.15, 0.2) is 0 Å². The zero-order valence-corrected chi connectivity index (χ0v) is 11.3. The van der Waals surface area contributed by atoms with Gasteiger partial charge in [-0.05, 0) is 56.7 Å². The van der Waals surface area contributed by atoms with Gasteiger partial charge in [-0.1, -0.05) is 39.5 Å². The summed E-state index contributed by atoms with van der Waals surface area (Å²) in [4.78, 5) is 2.71. The highest BCUT2D eigenvalue weighted by Crippen LogP contribution is 2.30. The normalized spacial score (nSPS) is 34.1. The van der Waals surface area contributed by atoms with E-state index in [1.165, 1.54) is 64.6 Å². The molecule has 0 N–H and O–H groups in total. The Kier molecular flexibility index (Phi) is 4.69. The van der Waals surface area contributed by atoms with E-state index in [1.807, 2.05) is 0 Å². The van der Waals surface area contributed by atoms with Crippen LogP contribution in [0.3, 0.4) is 0 Å². The Morgan fingerprint density at radius 2 is 1.38 bits per heavy atom. The first-order valence-electron chi connectivity index (χ1n) is 7.46. The van der Waals surface area contributed by atoms with E-state index in [0.717, 1.165) is 17.8 Å². The van der Waals surface area contributed by atoms with Crippen LogP contribution in [-0.4, -0.2) is 24.5 Å². The van der Waals surface area contributed by atoms with Crippen LogP contribution in [0.1, 0.15) is 58.8 Å². The first-order valence-corrected chi connectivity index (χ1v) is 7.46. The maximum absolute atomic E-state index is 2.71. The van der Waals surface area contributed by atoms with Crippen molar-refractivity contribution in [1.82, 2.24) is 4.90 Å². The van der Waals surface area contributed by atoms with E-state index in [1.54, 1.807) is 0 Å². The standard InChI is InChI=1S/C15H29N/c1-13-3-5-15(6-4-13)9-12-16-10-7-14(2)8-11-16/h13-15H,3-12H2,1-2H3/t13-,15+. The van der Waals surface area contributed by atoms with Gasteiger partial charge in [0.2, 0.25) is 0 Å². The highest BCUT2D eigenvalue weighted by Gasteiger charge is 2.20. The van der Waals surface area contributed by atoms with Gasteiger partial charge < -0.3 is 4.90 Å². The minimum Gasteiger partial charge on any atom is -0.303 e. The lowest BCUT2D eigenvalue weighted by Gasteiger charge is -2.32. The third-order valence-corrected chi connectivity index (χ3v) is 4.87. The van der Waals surface area contributed by atoms with Crippen LogP contribution in [0.2, 0.25) is 0 Å². The maximum Gasteiger partial charge on any atom is -0.00161 e. The van der Waals surface area contributed by atoms with Crippen LogP contribution in [0.4, 0.5) is 0 Å². The predicted octanol–water partition coefficient (Wildman–Crippen LogP) is 3.93. The number of likely N-dealkylation sites (tertiary alicyclic amines) is 1. The van der Waals surface area contributed by atoms with E-state index >= 15 is 0 Å². The summed E-state index contributed by atoms with van der Waals surface area (Å²) in [7, 11) is 0. The van der Waals surface area contributed by atoms with Gasteiger partial charge in [-0.2, -0.15) is 0 Å². The molecule has 0 aromatic carbocycles. The molecule has 1 heteroatoms. The molecule has 0 aromatic heterocycles. The molecular formula is C15H29N. The lowest BCUT2D eigenvalue weighted by molar-refractivity contribution is 0.168. The number of hydrogen-bond donors (Lipinski definition) is 0. The Morgan fingerprint density at radius 3 is 2.00 bits per heavy atom. The summed E-state index contributed by atoms with van der Waals surface area (Å²) in [5.41, 5.74) is 0. The van der Waals surface area contributed by atoms with Gasteiger partial charge in [-0.25, -0.2) is 0 Å². The van der Waals surface area contributed by atoms with Crippen molar-refractivity contribution in [2.45, 2.75) is 58.8 Å². The average Bonchev–Trinajstić information content (AvgIpc) is 2.30. The van der Waals surface area contributed by atoms with Gasteiger partial charge in [0.15, 0.2) is 0 Å². The predicted molar refractivity (Wildman–Crippen MR) is 70.6 cm³/mol. The zero-order valence-electron chi connectivity index (χ0n) is 11.3. The fourth-order valence-corrected chi connectivity index (χ4v) is 3.27. The highest BCUT2D eigenvalue weighted by atomic mass is 15.1. The molecule has 1 aliphatic heterocycles. The lowest BCUT2D eigenvalue weighted by Crippen LogP contribution is -2.34. The molecule has 2 aliphatic rings. The van der Waals surface area contributed by atoms with E-state index in [0.29, 0.717) is 0 Å². The molecule has 0 amide bonds. The van der Waals surface area contributed by atoms with Crippen molar-refractivity contribution in [2.24, 2.45) is 17.8 Å². The van der Waals surface area contributed by atoms with Gasteiger partial charge in [-0.15, -0.1) is 0 Å². The van der Waals surface area contributed by atoms with Gasteiger partial charge in [0.05, 0.1) is 0 Å². The van der Waals surface area contributed by atoms with Crippen LogP contribution in [0.5, 0.6) is 0 Å². The van der Waals surface area contributed by atoms with Gasteiger partial charge in [0, 0.05) is 0 Å². The number of piperidine rings is 1. The number of hydrogen-bond acceptors (Lipinski definition) is 1. The van der Waals surface area contributed by atoms with Crippen molar-refractivity contribution >= 4 is 0 Å². The third kappa shape index (κ3) is 3.76. The van der Waals surface area contributed by atoms with Crippen molar-refractivity contribution in [3.8, 4) is 0 Å². The molecular weight excluding hydrogens is 194 g/mol. The first-order chi connectivity index (χ1) is 7.74. The van der Waals surface area contributed by atoms with E-state index in [4.69, 9.17) is 0 Å². The molecule has 0 radical (unpaired) electrons. The Hall–Kier alpha value is -0.0400. The molecule has 0 spiro atoms. The summed E-state index contributed by atoms with van der Waals surface area (Å²) < 4.78 is 0. The molecule has 16 heavy (non-hydrogen) atoms. The molecule has 94 valence electrons. The van der Waals surface area contributed by atoms with Gasteiger partial charge >= 0.3 is 0 Å². The largest absolute Gasteiger partial charge is 0.303 e. The molecule has 1 heterocycles. The Labute approximate surface area is 102 Å². The van der Waals surface area contributed by atoms with Crippen molar-refractivity contribution in [2.75, 3.05) is 19.6 Å². The fourth-order valence-electron chi connectivity index (χ4n) is 3.27. The lowest BCUT2D eigenvalue weighted by atomic mass is 9.81. The fraction of sp³-hybridized carbons (Fsp3) is 1.00. The SMILES string of the molecule is CC1CCN(CC[C@H]2CC[C@@H](C)CC2)CC1. The molecule has 1 saturated heterocycles. The maximum atomic E-state index is 2.71. The Bertz CT molecular complexity index is 164. The molecule has 1 aliphatic carbocycles. The third-order valence-electron chi connectivity index (χ3n) is 4.87. The second kappa shape index (κ2) is 6.05. The summed E-state index contributed by atoms with van der Waals surface area (Å²) in [6.45, 7) is 8.93. The molecule has 1 nitrogen and oxygen atoms in total. The monoisotopic (exact) mass is 223 g/mol. The second-order valence-corrected chi connectivity index (χ2v) is 6.44. The first kappa shape index (κ1) is 12.4. The van der Waals surface area contributed by atoms with Crippen LogP contribution >= 0.6 is 0 Å².